The maximum absolute atomic E-state index is 11.0. The molecule has 4 aromatic carbocycles. The van der Waals surface area contributed by atoms with E-state index in [4.69, 9.17) is 0 Å². The van der Waals surface area contributed by atoms with Crippen LogP contribution in [0.15, 0.2) is 82.6 Å². The minimum absolute atomic E-state index is 0. The van der Waals surface area contributed by atoms with E-state index in [9.17, 15) is 25.9 Å². The number of hydrogen-bond donors (Lipinski definition) is 0. The molecule has 0 saturated heterocycles. The van der Waals surface area contributed by atoms with Gasteiger partial charge >= 0.3 is 37.7 Å². The largest absolute Gasteiger partial charge is 2.00 e. The van der Waals surface area contributed by atoms with E-state index in [1.54, 1.807) is 50.2 Å². The zero-order valence-electron chi connectivity index (χ0n) is 16.9. The summed E-state index contributed by atoms with van der Waals surface area (Å²) in [6.07, 6.45) is 0. The molecule has 0 unspecified atom stereocenters. The quantitative estimate of drug-likeness (QED) is 0.318. The molecule has 0 saturated carbocycles. The van der Waals surface area contributed by atoms with Crippen molar-refractivity contribution < 1.29 is 25.9 Å². The van der Waals surface area contributed by atoms with E-state index in [2.05, 4.69) is 0 Å². The molecule has 0 N–H and O–H groups in total. The van der Waals surface area contributed by atoms with Crippen LogP contribution in [0, 0.1) is 13.8 Å². The molecule has 6 nitrogen and oxygen atoms in total. The monoisotopic (exact) mass is 482 g/mol. The Morgan fingerprint density at radius 1 is 0.581 bits per heavy atom. The molecule has 31 heavy (non-hydrogen) atoms. The van der Waals surface area contributed by atoms with Gasteiger partial charge in [-0.1, -0.05) is 60.7 Å². The van der Waals surface area contributed by atoms with Gasteiger partial charge in [-0.3, -0.25) is 0 Å². The molecule has 0 bridgehead atoms. The topological polar surface area (TPSA) is 114 Å². The molecule has 0 amide bonds. The summed E-state index contributed by atoms with van der Waals surface area (Å²) in [4.78, 5) is -0.281. The fourth-order valence-corrected chi connectivity index (χ4v) is 4.82. The summed E-state index contributed by atoms with van der Waals surface area (Å²) >= 11 is 0. The predicted molar refractivity (Wildman–Crippen MR) is 119 cm³/mol. The van der Waals surface area contributed by atoms with Gasteiger partial charge in [-0.25, -0.2) is 16.8 Å². The summed E-state index contributed by atoms with van der Waals surface area (Å²) in [5.74, 6) is 0. The van der Waals surface area contributed by atoms with Crippen molar-refractivity contribution in [1.29, 1.82) is 0 Å². The van der Waals surface area contributed by atoms with Crippen molar-refractivity contribution in [1.82, 2.24) is 0 Å². The van der Waals surface area contributed by atoms with Gasteiger partial charge < -0.3 is 9.11 Å². The maximum Gasteiger partial charge on any atom is 2.00 e. The van der Waals surface area contributed by atoms with Crippen molar-refractivity contribution in [2.45, 2.75) is 23.6 Å². The zero-order chi connectivity index (χ0) is 22.1. The molecule has 0 radical (unpaired) electrons. The van der Waals surface area contributed by atoms with Crippen molar-refractivity contribution in [2.75, 3.05) is 0 Å². The number of fused-ring (bicyclic) bond motifs is 2. The van der Waals surface area contributed by atoms with E-state index in [-0.39, 0.29) is 47.5 Å². The molecule has 0 aliphatic rings. The molecule has 4 rings (SSSR count). The molecular weight excluding hydrogens is 464 g/mol. The normalized spacial score (nSPS) is 11.5. The minimum Gasteiger partial charge on any atom is -0.744 e. The van der Waals surface area contributed by atoms with E-state index < -0.39 is 20.2 Å². The van der Waals surface area contributed by atoms with Crippen LogP contribution in [0.1, 0.15) is 11.1 Å². The van der Waals surface area contributed by atoms with Crippen LogP contribution in [0.2, 0.25) is 0 Å². The van der Waals surface area contributed by atoms with E-state index in [1.165, 1.54) is 12.1 Å². The van der Waals surface area contributed by atoms with Gasteiger partial charge in [0.05, 0.1) is 9.79 Å². The summed E-state index contributed by atoms with van der Waals surface area (Å²) < 4.78 is 66.3. The van der Waals surface area contributed by atoms with E-state index in [0.29, 0.717) is 10.8 Å². The Kier molecular flexibility index (Phi) is 8.27. The predicted octanol–water partition coefficient (Wildman–Crippen LogP) is 3.72. The fraction of sp³-hybridized carbons (Fsp3) is 0.0909. The second-order valence-corrected chi connectivity index (χ2v) is 9.57. The standard InChI is InChI=1S/2C11H10O3S.Ca/c2*1-8-6-9-4-2-3-5-10(9)11(7-8)15(12,13)14;/h2*2-7H,1H3,(H,12,13,14);/q;;+2/p-2. The van der Waals surface area contributed by atoms with Crippen LogP contribution in [-0.2, 0) is 20.2 Å². The van der Waals surface area contributed by atoms with Gasteiger partial charge in [0.15, 0.2) is 0 Å². The number of benzene rings is 4. The van der Waals surface area contributed by atoms with Crippen molar-refractivity contribution in [3.05, 3.63) is 83.9 Å². The molecule has 0 heterocycles. The summed E-state index contributed by atoms with van der Waals surface area (Å²) in [5.41, 5.74) is 1.53. The first-order valence-electron chi connectivity index (χ1n) is 8.87. The fourth-order valence-electron chi connectivity index (χ4n) is 3.25. The van der Waals surface area contributed by atoms with Crippen molar-refractivity contribution in [3.63, 3.8) is 0 Å². The van der Waals surface area contributed by atoms with E-state index >= 15 is 0 Å². The average Bonchev–Trinajstić information content (AvgIpc) is 2.65. The first-order valence-corrected chi connectivity index (χ1v) is 11.7. The Balaban J connectivity index is 0.000000213. The molecule has 0 fully saturated rings. The Morgan fingerprint density at radius 2 is 0.903 bits per heavy atom. The van der Waals surface area contributed by atoms with Gasteiger partial charge in [-0.15, -0.1) is 0 Å². The Bertz CT molecular complexity index is 1350. The molecule has 0 aliphatic carbocycles. The molecule has 9 heteroatoms. The maximum atomic E-state index is 11.0. The molecular formula is C22H18CaO6S2. The Labute approximate surface area is 211 Å². The number of hydrogen-bond acceptors (Lipinski definition) is 6. The smallest absolute Gasteiger partial charge is 0.744 e. The van der Waals surface area contributed by atoms with Crippen LogP contribution in [0.4, 0.5) is 0 Å². The van der Waals surface area contributed by atoms with Crippen molar-refractivity contribution in [2.24, 2.45) is 0 Å². The van der Waals surface area contributed by atoms with Crippen molar-refractivity contribution in [3.8, 4) is 0 Å². The molecule has 0 atom stereocenters. The molecule has 156 valence electrons. The van der Waals surface area contributed by atoms with Crippen LogP contribution in [-0.4, -0.2) is 63.7 Å². The van der Waals surface area contributed by atoms with Gasteiger partial charge in [-0.05, 0) is 58.7 Å². The summed E-state index contributed by atoms with van der Waals surface area (Å²) in [7, 11) is -8.80. The van der Waals surface area contributed by atoms with Crippen LogP contribution in [0.25, 0.3) is 21.5 Å². The zero-order valence-corrected chi connectivity index (χ0v) is 20.7. The number of aryl methyl sites for hydroxylation is 2. The van der Waals surface area contributed by atoms with Gasteiger partial charge in [0.1, 0.15) is 20.2 Å². The van der Waals surface area contributed by atoms with Crippen LogP contribution in [0.3, 0.4) is 0 Å². The van der Waals surface area contributed by atoms with Gasteiger partial charge in [0.2, 0.25) is 0 Å². The third-order valence-electron chi connectivity index (χ3n) is 4.48. The second kappa shape index (κ2) is 9.95. The Morgan fingerprint density at radius 3 is 1.23 bits per heavy atom. The second-order valence-electron chi connectivity index (χ2n) is 6.88. The number of rotatable bonds is 2. The average molecular weight is 483 g/mol. The minimum atomic E-state index is -4.40. The third-order valence-corrected chi connectivity index (χ3v) is 6.23. The van der Waals surface area contributed by atoms with Crippen LogP contribution in [0.5, 0.6) is 0 Å². The van der Waals surface area contributed by atoms with E-state index in [1.807, 2.05) is 24.3 Å². The van der Waals surface area contributed by atoms with Crippen LogP contribution < -0.4 is 0 Å². The van der Waals surface area contributed by atoms with Crippen molar-refractivity contribution >= 4 is 79.5 Å². The Hall–Kier alpha value is -1.52. The first-order chi connectivity index (χ1) is 14.0. The molecule has 4 aromatic rings. The molecule has 0 spiro atoms. The molecule has 0 aromatic heterocycles. The van der Waals surface area contributed by atoms with E-state index in [0.717, 1.165) is 21.9 Å². The van der Waals surface area contributed by atoms with Gasteiger partial charge in [0, 0.05) is 0 Å². The first kappa shape index (κ1) is 25.7. The summed E-state index contributed by atoms with van der Waals surface area (Å²) in [5, 5.41) is 2.51. The van der Waals surface area contributed by atoms with Gasteiger partial charge in [0.25, 0.3) is 0 Å². The SMILES string of the molecule is Cc1cc(S(=O)(=O)[O-])c2ccccc2c1.Cc1cc(S(=O)(=O)[O-])c2ccccc2c1.[Ca+2]. The molecule has 0 aliphatic heterocycles. The third kappa shape index (κ3) is 6.26. The summed E-state index contributed by atoms with van der Waals surface area (Å²) in [6, 6.07) is 20.4. The summed E-state index contributed by atoms with van der Waals surface area (Å²) in [6.45, 7) is 3.53. The van der Waals surface area contributed by atoms with Crippen LogP contribution >= 0.6 is 0 Å². The van der Waals surface area contributed by atoms with Gasteiger partial charge in [-0.2, -0.15) is 0 Å².